The van der Waals surface area contributed by atoms with Crippen LogP contribution in [-0.4, -0.2) is 17.6 Å². The second-order valence-corrected chi connectivity index (χ2v) is 4.58. The van der Waals surface area contributed by atoms with Gasteiger partial charge in [-0.15, -0.1) is 11.6 Å². The molecule has 0 N–H and O–H groups in total. The Balaban J connectivity index is 2.98. The van der Waals surface area contributed by atoms with E-state index in [2.05, 4.69) is 35.9 Å². The first-order valence-corrected chi connectivity index (χ1v) is 6.28. The van der Waals surface area contributed by atoms with Gasteiger partial charge in [-0.1, -0.05) is 0 Å². The van der Waals surface area contributed by atoms with E-state index in [1.807, 2.05) is 6.92 Å². The number of alkyl halides is 1. The van der Waals surface area contributed by atoms with E-state index in [0.717, 1.165) is 16.9 Å². The lowest BCUT2D eigenvalue weighted by Gasteiger charge is -2.28. The molecule has 1 aromatic rings. The summed E-state index contributed by atoms with van der Waals surface area (Å²) in [5.41, 5.74) is 2.13. The van der Waals surface area contributed by atoms with Crippen molar-refractivity contribution in [1.82, 2.24) is 4.98 Å². The third-order valence-corrected chi connectivity index (χ3v) is 2.93. The summed E-state index contributed by atoms with van der Waals surface area (Å²) in [6.45, 7) is 6.95. The molecule has 0 radical (unpaired) electrons. The maximum absolute atomic E-state index is 8.68. The molecule has 17 heavy (non-hydrogen) atoms. The lowest BCUT2D eigenvalue weighted by Crippen LogP contribution is -2.33. The van der Waals surface area contributed by atoms with E-state index >= 15 is 0 Å². The SMILES string of the molecule is Cc1cc(CCl)cnc1N(CCC#N)C(C)C. The maximum Gasteiger partial charge on any atom is 0.131 e. The van der Waals surface area contributed by atoms with Crippen LogP contribution in [0.15, 0.2) is 12.3 Å². The minimum absolute atomic E-state index is 0.330. The highest BCUT2D eigenvalue weighted by molar-refractivity contribution is 6.17. The quantitative estimate of drug-likeness (QED) is 0.754. The highest BCUT2D eigenvalue weighted by Crippen LogP contribution is 2.21. The van der Waals surface area contributed by atoms with Crippen molar-refractivity contribution in [2.45, 2.75) is 39.1 Å². The largest absolute Gasteiger partial charge is 0.353 e. The number of rotatable bonds is 5. The molecule has 1 aromatic heterocycles. The Morgan fingerprint density at radius 1 is 1.53 bits per heavy atom. The number of aryl methyl sites for hydroxylation is 1. The molecule has 1 heterocycles. The van der Waals surface area contributed by atoms with Gasteiger partial charge in [0.2, 0.25) is 0 Å². The van der Waals surface area contributed by atoms with Gasteiger partial charge < -0.3 is 4.90 Å². The van der Waals surface area contributed by atoms with Gasteiger partial charge in [-0.2, -0.15) is 5.26 Å². The van der Waals surface area contributed by atoms with Crippen molar-refractivity contribution >= 4 is 17.4 Å². The Kier molecular flexibility index (Phi) is 5.24. The van der Waals surface area contributed by atoms with Crippen LogP contribution in [0.25, 0.3) is 0 Å². The number of hydrogen-bond donors (Lipinski definition) is 0. The molecule has 0 bridgehead atoms. The molecular formula is C13H18ClN3. The number of aromatic nitrogens is 1. The normalized spacial score (nSPS) is 10.4. The van der Waals surface area contributed by atoms with Gasteiger partial charge in [-0.05, 0) is 38.0 Å². The molecule has 4 heteroatoms. The number of nitriles is 1. The minimum atomic E-state index is 0.330. The van der Waals surface area contributed by atoms with Crippen LogP contribution < -0.4 is 4.90 Å². The molecule has 3 nitrogen and oxygen atoms in total. The first-order chi connectivity index (χ1) is 8.10. The van der Waals surface area contributed by atoms with E-state index in [4.69, 9.17) is 16.9 Å². The van der Waals surface area contributed by atoms with E-state index in [9.17, 15) is 0 Å². The van der Waals surface area contributed by atoms with Gasteiger partial charge in [-0.3, -0.25) is 0 Å². The fraction of sp³-hybridized carbons (Fsp3) is 0.538. The van der Waals surface area contributed by atoms with Crippen molar-refractivity contribution in [3.8, 4) is 6.07 Å². The third kappa shape index (κ3) is 3.61. The molecule has 0 spiro atoms. The highest BCUT2D eigenvalue weighted by atomic mass is 35.5. The molecule has 92 valence electrons. The molecule has 0 atom stereocenters. The van der Waals surface area contributed by atoms with E-state index in [1.54, 1.807) is 6.20 Å². The minimum Gasteiger partial charge on any atom is -0.353 e. The number of nitrogens with zero attached hydrogens (tertiary/aromatic N) is 3. The monoisotopic (exact) mass is 251 g/mol. The molecular weight excluding hydrogens is 234 g/mol. The molecule has 0 amide bonds. The predicted molar refractivity (Wildman–Crippen MR) is 71.2 cm³/mol. The summed E-state index contributed by atoms with van der Waals surface area (Å²) >= 11 is 5.78. The lowest BCUT2D eigenvalue weighted by atomic mass is 10.2. The Bertz CT molecular complexity index is 410. The van der Waals surface area contributed by atoms with Crippen molar-refractivity contribution in [3.05, 3.63) is 23.4 Å². The summed E-state index contributed by atoms with van der Waals surface area (Å²) in [5, 5.41) is 8.68. The van der Waals surface area contributed by atoms with E-state index in [-0.39, 0.29) is 0 Å². The fourth-order valence-corrected chi connectivity index (χ4v) is 1.92. The molecule has 0 aliphatic rings. The zero-order chi connectivity index (χ0) is 12.8. The van der Waals surface area contributed by atoms with Crippen LogP contribution in [0.3, 0.4) is 0 Å². The van der Waals surface area contributed by atoms with Crippen molar-refractivity contribution in [2.24, 2.45) is 0 Å². The predicted octanol–water partition coefficient (Wildman–Crippen LogP) is 3.26. The van der Waals surface area contributed by atoms with Crippen LogP contribution in [0.4, 0.5) is 5.82 Å². The maximum atomic E-state index is 8.68. The van der Waals surface area contributed by atoms with Gasteiger partial charge in [0, 0.05) is 24.7 Å². The van der Waals surface area contributed by atoms with E-state index in [1.165, 1.54) is 0 Å². The Morgan fingerprint density at radius 3 is 2.71 bits per heavy atom. The molecule has 0 aliphatic carbocycles. The number of anilines is 1. The first-order valence-electron chi connectivity index (χ1n) is 5.75. The Hall–Kier alpha value is -1.27. The van der Waals surface area contributed by atoms with Crippen LogP contribution in [-0.2, 0) is 5.88 Å². The van der Waals surface area contributed by atoms with Gasteiger partial charge >= 0.3 is 0 Å². The summed E-state index contributed by atoms with van der Waals surface area (Å²) in [6, 6.07) is 4.56. The zero-order valence-electron chi connectivity index (χ0n) is 10.6. The summed E-state index contributed by atoms with van der Waals surface area (Å²) in [7, 11) is 0. The number of halogens is 1. The Morgan fingerprint density at radius 2 is 2.24 bits per heavy atom. The molecule has 1 rings (SSSR count). The van der Waals surface area contributed by atoms with E-state index < -0.39 is 0 Å². The van der Waals surface area contributed by atoms with Crippen molar-refractivity contribution in [2.75, 3.05) is 11.4 Å². The molecule has 0 unspecified atom stereocenters. The molecule has 0 saturated heterocycles. The van der Waals surface area contributed by atoms with Crippen LogP contribution in [0, 0.1) is 18.3 Å². The van der Waals surface area contributed by atoms with Gasteiger partial charge in [0.25, 0.3) is 0 Å². The summed E-state index contributed by atoms with van der Waals surface area (Å²) in [6.07, 6.45) is 2.31. The fourth-order valence-electron chi connectivity index (χ4n) is 1.78. The van der Waals surface area contributed by atoms with Gasteiger partial charge in [0.05, 0.1) is 12.5 Å². The number of pyridine rings is 1. The smallest absolute Gasteiger partial charge is 0.131 e. The van der Waals surface area contributed by atoms with Crippen LogP contribution in [0.5, 0.6) is 0 Å². The number of hydrogen-bond acceptors (Lipinski definition) is 3. The van der Waals surface area contributed by atoms with Crippen LogP contribution in [0.2, 0.25) is 0 Å². The topological polar surface area (TPSA) is 39.9 Å². The summed E-state index contributed by atoms with van der Waals surface area (Å²) in [5.74, 6) is 1.43. The average molecular weight is 252 g/mol. The second-order valence-electron chi connectivity index (χ2n) is 4.31. The highest BCUT2D eigenvalue weighted by Gasteiger charge is 2.14. The van der Waals surface area contributed by atoms with Gasteiger partial charge in [-0.25, -0.2) is 4.98 Å². The summed E-state index contributed by atoms with van der Waals surface area (Å²) in [4.78, 5) is 6.60. The van der Waals surface area contributed by atoms with Crippen molar-refractivity contribution in [1.29, 1.82) is 5.26 Å². The molecule has 0 fully saturated rings. The van der Waals surface area contributed by atoms with Gasteiger partial charge in [0.1, 0.15) is 5.82 Å². The van der Waals surface area contributed by atoms with Crippen LogP contribution in [0.1, 0.15) is 31.4 Å². The molecule has 0 saturated carbocycles. The average Bonchev–Trinajstić information content (AvgIpc) is 2.30. The van der Waals surface area contributed by atoms with E-state index in [0.29, 0.717) is 24.9 Å². The van der Waals surface area contributed by atoms with Crippen LogP contribution >= 0.6 is 11.6 Å². The third-order valence-electron chi connectivity index (χ3n) is 2.62. The Labute approximate surface area is 108 Å². The van der Waals surface area contributed by atoms with Crippen molar-refractivity contribution < 1.29 is 0 Å². The standard InChI is InChI=1S/C13H18ClN3/c1-10(2)17(6-4-5-15)13-11(3)7-12(8-14)9-16-13/h7,9-10H,4,6,8H2,1-3H3. The summed E-state index contributed by atoms with van der Waals surface area (Å²) < 4.78 is 0. The molecule has 0 aromatic carbocycles. The van der Waals surface area contributed by atoms with Crippen molar-refractivity contribution in [3.63, 3.8) is 0 Å². The first kappa shape index (κ1) is 13.8. The molecule has 0 aliphatic heterocycles. The van der Waals surface area contributed by atoms with Gasteiger partial charge in [0.15, 0.2) is 0 Å². The second kappa shape index (κ2) is 6.46. The zero-order valence-corrected chi connectivity index (χ0v) is 11.3. The lowest BCUT2D eigenvalue weighted by molar-refractivity contribution is 0.674.